The van der Waals surface area contributed by atoms with Gasteiger partial charge in [0.1, 0.15) is 0 Å². The Morgan fingerprint density at radius 1 is 1.46 bits per heavy atom. The van der Waals surface area contributed by atoms with Crippen LogP contribution < -0.4 is 0 Å². The van der Waals surface area contributed by atoms with E-state index in [1.54, 1.807) is 6.92 Å². The molecule has 0 aliphatic heterocycles. The van der Waals surface area contributed by atoms with Gasteiger partial charge in [-0.25, -0.2) is 0 Å². The van der Waals surface area contributed by atoms with Crippen LogP contribution in [0.3, 0.4) is 0 Å². The zero-order chi connectivity index (χ0) is 9.68. The van der Waals surface area contributed by atoms with E-state index in [-0.39, 0.29) is 6.10 Å². The summed E-state index contributed by atoms with van der Waals surface area (Å²) in [7, 11) is 0. The van der Waals surface area contributed by atoms with Crippen LogP contribution in [0.5, 0.6) is 0 Å². The van der Waals surface area contributed by atoms with Crippen molar-refractivity contribution in [1.29, 1.82) is 0 Å². The summed E-state index contributed by atoms with van der Waals surface area (Å²) in [5.41, 5.74) is 0. The molecule has 0 aromatic rings. The van der Waals surface area contributed by atoms with Crippen LogP contribution in [-0.2, 0) is 4.74 Å². The van der Waals surface area contributed by atoms with Gasteiger partial charge in [-0.1, -0.05) is 6.42 Å². The summed E-state index contributed by atoms with van der Waals surface area (Å²) in [6.07, 6.45) is 6.51. The van der Waals surface area contributed by atoms with E-state index in [0.717, 1.165) is 12.8 Å². The van der Waals surface area contributed by atoms with Gasteiger partial charge in [0.05, 0.1) is 12.2 Å². The zero-order valence-corrected chi connectivity index (χ0v) is 8.98. The Morgan fingerprint density at radius 2 is 2.08 bits per heavy atom. The van der Waals surface area contributed by atoms with Gasteiger partial charge in [-0.05, 0) is 44.8 Å². The minimum Gasteiger partial charge on any atom is -0.484 e. The van der Waals surface area contributed by atoms with Gasteiger partial charge in [-0.15, -0.1) is 0 Å². The van der Waals surface area contributed by atoms with E-state index in [2.05, 4.69) is 0 Å². The Labute approximate surface area is 85.3 Å². The highest BCUT2D eigenvalue weighted by atomic mass is 32.1. The van der Waals surface area contributed by atoms with Crippen molar-refractivity contribution in [1.82, 2.24) is 0 Å². The molecule has 13 heavy (non-hydrogen) atoms. The van der Waals surface area contributed by atoms with Crippen LogP contribution in [0.15, 0.2) is 0 Å². The number of aliphatic hydroxyl groups is 1. The molecule has 1 rings (SSSR count). The minimum atomic E-state index is -0.379. The Morgan fingerprint density at radius 3 is 2.62 bits per heavy atom. The molecule has 1 atom stereocenters. The van der Waals surface area contributed by atoms with E-state index in [0.29, 0.717) is 17.6 Å². The fraction of sp³-hybridized carbons (Fsp3) is 0.900. The van der Waals surface area contributed by atoms with Gasteiger partial charge in [0.15, 0.2) is 5.05 Å². The molecule has 1 saturated carbocycles. The van der Waals surface area contributed by atoms with Crippen LogP contribution in [0.25, 0.3) is 0 Å². The highest BCUT2D eigenvalue weighted by molar-refractivity contribution is 7.80. The van der Waals surface area contributed by atoms with Gasteiger partial charge in [-0.3, -0.25) is 0 Å². The fourth-order valence-electron chi connectivity index (χ4n) is 1.66. The molecule has 0 aromatic carbocycles. The molecule has 0 spiro atoms. The number of aliphatic hydroxyl groups excluding tert-OH is 1. The lowest BCUT2D eigenvalue weighted by Crippen LogP contribution is -2.21. The average molecular weight is 202 g/mol. The third-order valence-corrected chi connectivity index (χ3v) is 2.58. The SMILES string of the molecule is CC(O)CC(=S)OC1CCCCC1. The summed E-state index contributed by atoms with van der Waals surface area (Å²) in [5.74, 6) is 0. The van der Waals surface area contributed by atoms with E-state index < -0.39 is 0 Å². The summed E-state index contributed by atoms with van der Waals surface area (Å²) in [4.78, 5) is 0. The lowest BCUT2D eigenvalue weighted by molar-refractivity contribution is 0.131. The first-order chi connectivity index (χ1) is 6.18. The molecule has 0 radical (unpaired) electrons. The first-order valence-electron chi connectivity index (χ1n) is 5.06. The molecule has 0 heterocycles. The van der Waals surface area contributed by atoms with E-state index in [1.165, 1.54) is 19.3 Å². The first-order valence-corrected chi connectivity index (χ1v) is 5.47. The second-order valence-corrected chi connectivity index (χ2v) is 4.26. The van der Waals surface area contributed by atoms with E-state index in [9.17, 15) is 0 Å². The van der Waals surface area contributed by atoms with E-state index >= 15 is 0 Å². The predicted molar refractivity (Wildman–Crippen MR) is 56.9 cm³/mol. The van der Waals surface area contributed by atoms with Gasteiger partial charge >= 0.3 is 0 Å². The number of hydrogen-bond donors (Lipinski definition) is 1. The van der Waals surface area contributed by atoms with Crippen LogP contribution >= 0.6 is 12.2 Å². The molecule has 76 valence electrons. The molecule has 2 nitrogen and oxygen atoms in total. The van der Waals surface area contributed by atoms with Crippen molar-refractivity contribution in [3.05, 3.63) is 0 Å². The molecule has 1 fully saturated rings. The number of rotatable bonds is 3. The third-order valence-electron chi connectivity index (χ3n) is 2.31. The molecule has 1 aliphatic carbocycles. The van der Waals surface area contributed by atoms with Crippen LogP contribution in [0.2, 0.25) is 0 Å². The maximum absolute atomic E-state index is 9.08. The van der Waals surface area contributed by atoms with Crippen molar-refractivity contribution in [3.8, 4) is 0 Å². The quantitative estimate of drug-likeness (QED) is 0.713. The zero-order valence-electron chi connectivity index (χ0n) is 8.16. The molecule has 3 heteroatoms. The molecule has 1 N–H and O–H groups in total. The normalized spacial score (nSPS) is 21.1. The van der Waals surface area contributed by atoms with Gasteiger partial charge in [-0.2, -0.15) is 0 Å². The molecule has 0 bridgehead atoms. The summed E-state index contributed by atoms with van der Waals surface area (Å²) < 4.78 is 5.57. The first kappa shape index (κ1) is 10.9. The molecule has 0 amide bonds. The molecular formula is C10H18O2S. The smallest absolute Gasteiger partial charge is 0.162 e. The number of hydrogen-bond acceptors (Lipinski definition) is 3. The average Bonchev–Trinajstić information content (AvgIpc) is 2.04. The van der Waals surface area contributed by atoms with Crippen LogP contribution in [0.4, 0.5) is 0 Å². The second-order valence-electron chi connectivity index (χ2n) is 3.80. The lowest BCUT2D eigenvalue weighted by atomic mass is 9.98. The lowest BCUT2D eigenvalue weighted by Gasteiger charge is -2.23. The van der Waals surface area contributed by atoms with Crippen LogP contribution in [0.1, 0.15) is 45.4 Å². The largest absolute Gasteiger partial charge is 0.484 e. The van der Waals surface area contributed by atoms with Crippen molar-refractivity contribution in [3.63, 3.8) is 0 Å². The monoisotopic (exact) mass is 202 g/mol. The Balaban J connectivity index is 2.18. The second kappa shape index (κ2) is 5.55. The van der Waals surface area contributed by atoms with E-state index in [4.69, 9.17) is 22.1 Å². The maximum Gasteiger partial charge on any atom is 0.162 e. The summed E-state index contributed by atoms with van der Waals surface area (Å²) in [6, 6.07) is 0. The Kier molecular flexibility index (Phi) is 4.67. The van der Waals surface area contributed by atoms with Crippen molar-refractivity contribution >= 4 is 17.3 Å². The maximum atomic E-state index is 9.08. The topological polar surface area (TPSA) is 29.5 Å². The molecule has 1 aliphatic rings. The summed E-state index contributed by atoms with van der Waals surface area (Å²) in [6.45, 7) is 1.73. The summed E-state index contributed by atoms with van der Waals surface area (Å²) in [5, 5.41) is 9.66. The Bertz CT molecular complexity index is 162. The van der Waals surface area contributed by atoms with Gasteiger partial charge in [0.2, 0.25) is 0 Å². The van der Waals surface area contributed by atoms with Crippen molar-refractivity contribution in [2.75, 3.05) is 0 Å². The molecule has 1 unspecified atom stereocenters. The van der Waals surface area contributed by atoms with Gasteiger partial charge in [0.25, 0.3) is 0 Å². The van der Waals surface area contributed by atoms with Crippen LogP contribution in [-0.4, -0.2) is 22.4 Å². The number of ether oxygens (including phenoxy) is 1. The van der Waals surface area contributed by atoms with Crippen LogP contribution in [0, 0.1) is 0 Å². The summed E-state index contributed by atoms with van der Waals surface area (Å²) >= 11 is 5.03. The predicted octanol–water partition coefficient (Wildman–Crippen LogP) is 2.43. The highest BCUT2D eigenvalue weighted by Crippen LogP contribution is 2.21. The van der Waals surface area contributed by atoms with Gasteiger partial charge in [0, 0.05) is 6.42 Å². The third kappa shape index (κ3) is 4.58. The van der Waals surface area contributed by atoms with Gasteiger partial charge < -0.3 is 9.84 Å². The molecule has 0 saturated heterocycles. The molecule has 0 aromatic heterocycles. The van der Waals surface area contributed by atoms with Crippen molar-refractivity contribution in [2.24, 2.45) is 0 Å². The Hall–Kier alpha value is -0.150. The highest BCUT2D eigenvalue weighted by Gasteiger charge is 2.16. The molecular weight excluding hydrogens is 184 g/mol. The fourth-order valence-corrected chi connectivity index (χ4v) is 2.04. The minimum absolute atomic E-state index is 0.319. The van der Waals surface area contributed by atoms with E-state index in [1.807, 2.05) is 0 Å². The van der Waals surface area contributed by atoms with Crippen molar-refractivity contribution in [2.45, 2.75) is 57.7 Å². The number of thiocarbonyl (C=S) groups is 1. The van der Waals surface area contributed by atoms with Crippen molar-refractivity contribution < 1.29 is 9.84 Å². The standard InChI is InChI=1S/C10H18O2S/c1-8(11)7-10(13)12-9-5-3-2-4-6-9/h8-9,11H,2-7H2,1H3.